The molecule has 0 aliphatic carbocycles. The lowest BCUT2D eigenvalue weighted by molar-refractivity contribution is -0.124. The van der Waals surface area contributed by atoms with Crippen molar-refractivity contribution in [2.24, 2.45) is 5.92 Å². The number of carbonyl (C=O) groups is 2. The zero-order chi connectivity index (χ0) is 14.7. The Morgan fingerprint density at radius 1 is 1.40 bits per heavy atom. The summed E-state index contributed by atoms with van der Waals surface area (Å²) >= 11 is 1.94. The molecule has 3 N–H and O–H groups in total. The van der Waals surface area contributed by atoms with Crippen molar-refractivity contribution in [1.82, 2.24) is 16.0 Å². The second-order valence-electron chi connectivity index (χ2n) is 6.12. The van der Waals surface area contributed by atoms with Gasteiger partial charge in [-0.15, -0.1) is 0 Å². The molecule has 0 aromatic carbocycles. The van der Waals surface area contributed by atoms with Crippen LogP contribution in [-0.2, 0) is 4.79 Å². The van der Waals surface area contributed by atoms with Gasteiger partial charge in [-0.25, -0.2) is 4.79 Å². The molecule has 0 aromatic rings. The molecule has 0 radical (unpaired) electrons. The summed E-state index contributed by atoms with van der Waals surface area (Å²) in [5.74, 6) is 1.18. The average molecular weight is 299 g/mol. The molecule has 0 bridgehead atoms. The Hall–Kier alpha value is -0.910. The summed E-state index contributed by atoms with van der Waals surface area (Å²) in [7, 11) is 0. The molecular formula is C14H25N3O2S. The number of urea groups is 1. The van der Waals surface area contributed by atoms with E-state index in [1.54, 1.807) is 0 Å². The van der Waals surface area contributed by atoms with Gasteiger partial charge in [0.2, 0.25) is 5.91 Å². The molecule has 3 amide bonds. The molecule has 2 heterocycles. The van der Waals surface area contributed by atoms with Crippen molar-refractivity contribution >= 4 is 23.7 Å². The first-order valence-corrected chi connectivity index (χ1v) is 8.51. The first-order valence-electron chi connectivity index (χ1n) is 7.46. The van der Waals surface area contributed by atoms with Crippen LogP contribution in [-0.4, -0.2) is 41.1 Å². The van der Waals surface area contributed by atoms with E-state index in [4.69, 9.17) is 0 Å². The largest absolute Gasteiger partial charge is 0.353 e. The van der Waals surface area contributed by atoms with Crippen molar-refractivity contribution in [3.05, 3.63) is 0 Å². The van der Waals surface area contributed by atoms with Gasteiger partial charge in [0.05, 0.1) is 12.1 Å². The molecule has 2 aliphatic heterocycles. The topological polar surface area (TPSA) is 70.2 Å². The second-order valence-corrected chi connectivity index (χ2v) is 7.39. The molecular weight excluding hydrogens is 274 g/mol. The Kier molecular flexibility index (Phi) is 5.18. The van der Waals surface area contributed by atoms with Crippen LogP contribution in [0.5, 0.6) is 0 Å². The van der Waals surface area contributed by atoms with Crippen molar-refractivity contribution in [3.63, 3.8) is 0 Å². The average Bonchev–Trinajstić information content (AvgIpc) is 2.89. The van der Waals surface area contributed by atoms with E-state index >= 15 is 0 Å². The Bertz CT molecular complexity index is 375. The minimum Gasteiger partial charge on any atom is -0.353 e. The predicted molar refractivity (Wildman–Crippen MR) is 81.8 cm³/mol. The third-order valence-corrected chi connectivity index (χ3v) is 5.49. The molecule has 2 aliphatic rings. The highest BCUT2D eigenvalue weighted by atomic mass is 32.2. The van der Waals surface area contributed by atoms with Gasteiger partial charge < -0.3 is 16.0 Å². The molecule has 2 saturated heterocycles. The fraction of sp³-hybridized carbons (Fsp3) is 0.857. The minimum absolute atomic E-state index is 0.0251. The number of hydrogen-bond acceptors (Lipinski definition) is 3. The van der Waals surface area contributed by atoms with E-state index < -0.39 is 0 Å². The number of rotatable bonds is 6. The molecule has 2 rings (SSSR count). The van der Waals surface area contributed by atoms with Gasteiger partial charge in [-0.3, -0.25) is 4.79 Å². The molecule has 5 nitrogen and oxygen atoms in total. The van der Waals surface area contributed by atoms with Gasteiger partial charge in [0.1, 0.15) is 0 Å². The summed E-state index contributed by atoms with van der Waals surface area (Å²) in [6.45, 7) is 5.88. The van der Waals surface area contributed by atoms with Gasteiger partial charge in [-0.2, -0.15) is 11.8 Å². The number of hydrogen-bond donors (Lipinski definition) is 3. The van der Waals surface area contributed by atoms with Crippen LogP contribution in [0.1, 0.15) is 40.0 Å². The fourth-order valence-corrected chi connectivity index (χ4v) is 4.29. The summed E-state index contributed by atoms with van der Waals surface area (Å²) < 4.78 is 0. The maximum atomic E-state index is 11.6. The van der Waals surface area contributed by atoms with E-state index in [0.717, 1.165) is 25.0 Å². The van der Waals surface area contributed by atoms with E-state index in [9.17, 15) is 9.59 Å². The maximum absolute atomic E-state index is 11.6. The number of nitrogens with one attached hydrogen (secondary N) is 3. The van der Waals surface area contributed by atoms with Crippen molar-refractivity contribution in [1.29, 1.82) is 0 Å². The lowest BCUT2D eigenvalue weighted by Crippen LogP contribution is -2.37. The Labute approximate surface area is 125 Å². The van der Waals surface area contributed by atoms with Crippen LogP contribution < -0.4 is 16.0 Å². The van der Waals surface area contributed by atoms with Crippen molar-refractivity contribution in [2.75, 3.05) is 5.75 Å². The van der Waals surface area contributed by atoms with E-state index in [0.29, 0.717) is 11.3 Å². The molecule has 20 heavy (non-hydrogen) atoms. The van der Waals surface area contributed by atoms with Gasteiger partial charge >= 0.3 is 6.03 Å². The van der Waals surface area contributed by atoms with Gasteiger partial charge in [-0.1, -0.05) is 20.3 Å². The molecule has 0 spiro atoms. The Balaban J connectivity index is 1.66. The SMILES string of the molecule is CC(CCC[C@@H]1SC[C@@H]2NC(=O)N[C@@H]21)NC(=O)C(C)C. The van der Waals surface area contributed by atoms with Crippen LogP contribution in [0, 0.1) is 5.92 Å². The first-order chi connectivity index (χ1) is 9.47. The molecule has 2 fully saturated rings. The maximum Gasteiger partial charge on any atom is 0.315 e. The van der Waals surface area contributed by atoms with Crippen LogP contribution in [0.4, 0.5) is 4.79 Å². The van der Waals surface area contributed by atoms with E-state index in [2.05, 4.69) is 22.9 Å². The lowest BCUT2D eigenvalue weighted by Gasteiger charge is -2.19. The number of amides is 3. The highest BCUT2D eigenvalue weighted by molar-refractivity contribution is 8.00. The van der Waals surface area contributed by atoms with Crippen LogP contribution in [0.3, 0.4) is 0 Å². The third-order valence-electron chi connectivity index (χ3n) is 3.98. The van der Waals surface area contributed by atoms with E-state index in [1.165, 1.54) is 0 Å². The predicted octanol–water partition coefficient (Wildman–Crippen LogP) is 1.48. The van der Waals surface area contributed by atoms with Crippen molar-refractivity contribution in [3.8, 4) is 0 Å². The lowest BCUT2D eigenvalue weighted by atomic mass is 10.0. The number of thioether (sulfide) groups is 1. The molecule has 0 saturated carbocycles. The number of carbonyl (C=O) groups excluding carboxylic acids is 2. The molecule has 114 valence electrons. The smallest absolute Gasteiger partial charge is 0.315 e. The standard InChI is InChI=1S/C14H25N3O2S/c1-8(2)13(18)15-9(3)5-4-6-11-12-10(7-20-11)16-14(19)17-12/h8-12H,4-7H2,1-3H3,(H,15,18)(H2,16,17,19)/t9?,10-,11-,12-/m0/s1. The second kappa shape index (κ2) is 6.70. The Morgan fingerprint density at radius 2 is 2.15 bits per heavy atom. The summed E-state index contributed by atoms with van der Waals surface area (Å²) in [5, 5.41) is 9.50. The zero-order valence-electron chi connectivity index (χ0n) is 12.4. The van der Waals surface area contributed by atoms with E-state index in [1.807, 2.05) is 25.6 Å². The van der Waals surface area contributed by atoms with Gasteiger partial charge in [0, 0.05) is 23.0 Å². The monoisotopic (exact) mass is 299 g/mol. The fourth-order valence-electron chi connectivity index (χ4n) is 2.75. The molecule has 4 atom stereocenters. The van der Waals surface area contributed by atoms with Gasteiger partial charge in [0.25, 0.3) is 0 Å². The summed E-state index contributed by atoms with van der Waals surface area (Å²) in [6.07, 6.45) is 3.17. The van der Waals surface area contributed by atoms with Crippen LogP contribution in [0.25, 0.3) is 0 Å². The first kappa shape index (κ1) is 15.5. The highest BCUT2D eigenvalue weighted by Gasteiger charge is 2.42. The number of fused-ring (bicyclic) bond motifs is 1. The minimum atomic E-state index is -0.0251. The van der Waals surface area contributed by atoms with Gasteiger partial charge in [-0.05, 0) is 19.8 Å². The van der Waals surface area contributed by atoms with Crippen molar-refractivity contribution < 1.29 is 9.59 Å². The summed E-state index contributed by atoms with van der Waals surface area (Å²) in [4.78, 5) is 22.9. The highest BCUT2D eigenvalue weighted by Crippen LogP contribution is 2.33. The van der Waals surface area contributed by atoms with Crippen LogP contribution in [0.15, 0.2) is 0 Å². The summed E-state index contributed by atoms with van der Waals surface area (Å²) in [5.41, 5.74) is 0. The van der Waals surface area contributed by atoms with Gasteiger partial charge in [0.15, 0.2) is 0 Å². The van der Waals surface area contributed by atoms with Crippen LogP contribution in [0.2, 0.25) is 0 Å². The quantitative estimate of drug-likeness (QED) is 0.651. The summed E-state index contributed by atoms with van der Waals surface area (Å²) in [6, 6.07) is 0.787. The molecule has 0 aromatic heterocycles. The van der Waals surface area contributed by atoms with Crippen LogP contribution >= 0.6 is 11.8 Å². The normalized spacial score (nSPS) is 29.8. The van der Waals surface area contributed by atoms with Crippen molar-refractivity contribution in [2.45, 2.75) is 63.4 Å². The van der Waals surface area contributed by atoms with E-state index in [-0.39, 0.29) is 29.9 Å². The Morgan fingerprint density at radius 3 is 2.85 bits per heavy atom. The molecule has 6 heteroatoms. The third kappa shape index (κ3) is 3.81. The zero-order valence-corrected chi connectivity index (χ0v) is 13.3. The molecule has 1 unspecified atom stereocenters.